The van der Waals surface area contributed by atoms with Crippen molar-refractivity contribution < 1.29 is 14.3 Å². The van der Waals surface area contributed by atoms with Crippen molar-refractivity contribution in [2.75, 3.05) is 38.2 Å². The summed E-state index contributed by atoms with van der Waals surface area (Å²) in [6, 6.07) is 7.60. The molecule has 1 saturated heterocycles. The number of likely N-dealkylation sites (tertiary alicyclic amines) is 1. The van der Waals surface area contributed by atoms with E-state index < -0.39 is 5.60 Å². The summed E-state index contributed by atoms with van der Waals surface area (Å²) in [5, 5.41) is 2.98. The molecule has 0 aromatic heterocycles. The van der Waals surface area contributed by atoms with Crippen molar-refractivity contribution in [2.24, 2.45) is 11.8 Å². The minimum atomic E-state index is -0.816. The van der Waals surface area contributed by atoms with Crippen LogP contribution >= 0.6 is 0 Å². The number of amides is 1. The number of benzene rings is 1. The molecule has 2 atom stereocenters. The van der Waals surface area contributed by atoms with Crippen LogP contribution in [-0.4, -0.2) is 49.3 Å². The third kappa shape index (κ3) is 7.10. The van der Waals surface area contributed by atoms with Crippen molar-refractivity contribution in [3.63, 3.8) is 0 Å². The van der Waals surface area contributed by atoms with Gasteiger partial charge in [-0.25, -0.2) is 0 Å². The molecule has 0 saturated carbocycles. The van der Waals surface area contributed by atoms with Gasteiger partial charge in [0, 0.05) is 25.4 Å². The maximum atomic E-state index is 12.7. The Kier molecular flexibility index (Phi) is 8.77. The molecule has 28 heavy (non-hydrogen) atoms. The number of rotatable bonds is 10. The van der Waals surface area contributed by atoms with Gasteiger partial charge in [-0.05, 0) is 75.8 Å². The van der Waals surface area contributed by atoms with Crippen LogP contribution in [0, 0.1) is 11.8 Å². The quantitative estimate of drug-likeness (QED) is 0.635. The third-order valence-corrected chi connectivity index (χ3v) is 5.27. The number of hydrogen-bond acceptors (Lipinski definition) is 4. The Morgan fingerprint density at radius 1 is 1.32 bits per heavy atom. The van der Waals surface area contributed by atoms with Gasteiger partial charge in [-0.15, -0.1) is 0 Å². The third-order valence-electron chi connectivity index (χ3n) is 5.27. The van der Waals surface area contributed by atoms with Crippen molar-refractivity contribution in [2.45, 2.75) is 59.5 Å². The van der Waals surface area contributed by atoms with Crippen LogP contribution in [0.15, 0.2) is 24.3 Å². The first-order valence-electron chi connectivity index (χ1n) is 10.7. The minimum absolute atomic E-state index is 0.101. The number of hydrogen-bond donors (Lipinski definition) is 1. The van der Waals surface area contributed by atoms with Crippen LogP contribution in [-0.2, 0) is 9.53 Å². The second-order valence-electron chi connectivity index (χ2n) is 8.64. The molecule has 5 nitrogen and oxygen atoms in total. The molecular weight excluding hydrogens is 352 g/mol. The minimum Gasteiger partial charge on any atom is -0.492 e. The van der Waals surface area contributed by atoms with Gasteiger partial charge < -0.3 is 14.8 Å². The summed E-state index contributed by atoms with van der Waals surface area (Å²) in [6.07, 6.45) is 3.31. The summed E-state index contributed by atoms with van der Waals surface area (Å²) in [5.74, 6) is 1.89. The van der Waals surface area contributed by atoms with E-state index in [1.807, 2.05) is 38.1 Å². The molecule has 0 radical (unpaired) electrons. The Morgan fingerprint density at radius 2 is 2.04 bits per heavy atom. The van der Waals surface area contributed by atoms with Crippen molar-refractivity contribution in [3.8, 4) is 5.75 Å². The molecule has 0 bridgehead atoms. The zero-order chi connectivity index (χ0) is 20.6. The fraction of sp³-hybridized carbons (Fsp3) is 0.696. The highest BCUT2D eigenvalue weighted by molar-refractivity contribution is 5.97. The molecule has 1 heterocycles. The van der Waals surface area contributed by atoms with Crippen LogP contribution in [0.5, 0.6) is 5.75 Å². The van der Waals surface area contributed by atoms with E-state index >= 15 is 0 Å². The number of piperidine rings is 1. The average Bonchev–Trinajstić information content (AvgIpc) is 2.63. The molecule has 1 fully saturated rings. The van der Waals surface area contributed by atoms with Gasteiger partial charge in [-0.1, -0.05) is 20.8 Å². The van der Waals surface area contributed by atoms with E-state index in [-0.39, 0.29) is 5.91 Å². The Labute approximate surface area is 170 Å². The van der Waals surface area contributed by atoms with E-state index in [2.05, 4.69) is 31.0 Å². The smallest absolute Gasteiger partial charge is 0.256 e. The summed E-state index contributed by atoms with van der Waals surface area (Å²) < 4.78 is 11.7. The maximum Gasteiger partial charge on any atom is 0.256 e. The van der Waals surface area contributed by atoms with Gasteiger partial charge in [0.15, 0.2) is 0 Å². The summed E-state index contributed by atoms with van der Waals surface area (Å²) in [6.45, 7) is 14.8. The Balaban J connectivity index is 1.83. The van der Waals surface area contributed by atoms with Gasteiger partial charge in [0.2, 0.25) is 0 Å². The molecule has 5 heteroatoms. The number of ether oxygens (including phenoxy) is 2. The lowest BCUT2D eigenvalue weighted by Gasteiger charge is -2.30. The number of anilines is 1. The molecule has 2 rings (SSSR count). The fourth-order valence-electron chi connectivity index (χ4n) is 3.99. The number of nitrogens with one attached hydrogen (secondary N) is 1. The average molecular weight is 391 g/mol. The van der Waals surface area contributed by atoms with Crippen LogP contribution in [0.3, 0.4) is 0 Å². The highest BCUT2D eigenvalue weighted by Gasteiger charge is 2.34. The van der Waals surface area contributed by atoms with Gasteiger partial charge >= 0.3 is 0 Å². The molecule has 0 unspecified atom stereocenters. The zero-order valence-corrected chi connectivity index (χ0v) is 18.3. The molecular formula is C23H38N2O3. The van der Waals surface area contributed by atoms with Gasteiger partial charge in [0.1, 0.15) is 18.0 Å². The normalized spacial score (nSPS) is 20.0. The van der Waals surface area contributed by atoms with Gasteiger partial charge in [-0.3, -0.25) is 9.69 Å². The topological polar surface area (TPSA) is 50.8 Å². The van der Waals surface area contributed by atoms with Crippen molar-refractivity contribution in [1.29, 1.82) is 0 Å². The van der Waals surface area contributed by atoms with E-state index in [4.69, 9.17) is 9.47 Å². The lowest BCUT2D eigenvalue weighted by Crippen LogP contribution is -2.43. The summed E-state index contributed by atoms with van der Waals surface area (Å²) >= 11 is 0. The fourth-order valence-corrected chi connectivity index (χ4v) is 3.99. The van der Waals surface area contributed by atoms with E-state index in [0.717, 1.165) is 23.9 Å². The Hall–Kier alpha value is -1.59. The molecule has 0 aliphatic carbocycles. The van der Waals surface area contributed by atoms with E-state index in [0.29, 0.717) is 25.6 Å². The van der Waals surface area contributed by atoms with Crippen LogP contribution in [0.1, 0.15) is 53.9 Å². The van der Waals surface area contributed by atoms with Crippen LogP contribution in [0.2, 0.25) is 0 Å². The lowest BCUT2D eigenvalue weighted by atomic mass is 9.93. The first-order chi connectivity index (χ1) is 13.3. The second-order valence-corrected chi connectivity index (χ2v) is 8.64. The standard InChI is InChI=1S/C23H38N2O3/c1-6-28-23(5,16-18(2)3)22(26)24-20-9-11-21(12-10-20)27-15-14-25-13-7-8-19(4)17-25/h9-12,18-19H,6-8,13-17H2,1-5H3,(H,24,26)/t19-,23-/m0/s1. The monoisotopic (exact) mass is 390 g/mol. The highest BCUT2D eigenvalue weighted by Crippen LogP contribution is 2.24. The summed E-state index contributed by atoms with van der Waals surface area (Å²) in [7, 11) is 0. The first-order valence-corrected chi connectivity index (χ1v) is 10.7. The zero-order valence-electron chi connectivity index (χ0n) is 18.3. The molecule has 158 valence electrons. The van der Waals surface area contributed by atoms with E-state index in [1.54, 1.807) is 0 Å². The van der Waals surface area contributed by atoms with Crippen molar-refractivity contribution >= 4 is 11.6 Å². The number of nitrogens with zero attached hydrogens (tertiary/aromatic N) is 1. The number of carbonyl (C=O) groups is 1. The molecule has 1 aromatic carbocycles. The van der Waals surface area contributed by atoms with Gasteiger partial charge in [0.05, 0.1) is 0 Å². The number of carbonyl (C=O) groups excluding carboxylic acids is 1. The predicted octanol–water partition coefficient (Wildman–Crippen LogP) is 4.58. The largest absolute Gasteiger partial charge is 0.492 e. The molecule has 1 N–H and O–H groups in total. The van der Waals surface area contributed by atoms with Gasteiger partial charge in [-0.2, -0.15) is 0 Å². The van der Waals surface area contributed by atoms with E-state index in [1.165, 1.54) is 25.9 Å². The van der Waals surface area contributed by atoms with Crippen LogP contribution in [0.4, 0.5) is 5.69 Å². The van der Waals surface area contributed by atoms with Crippen LogP contribution in [0.25, 0.3) is 0 Å². The molecule has 1 aromatic rings. The molecule has 0 spiro atoms. The van der Waals surface area contributed by atoms with Gasteiger partial charge in [0.25, 0.3) is 5.91 Å². The lowest BCUT2D eigenvalue weighted by molar-refractivity contribution is -0.140. The Morgan fingerprint density at radius 3 is 2.64 bits per heavy atom. The van der Waals surface area contributed by atoms with Crippen molar-refractivity contribution in [3.05, 3.63) is 24.3 Å². The van der Waals surface area contributed by atoms with Crippen molar-refractivity contribution in [1.82, 2.24) is 4.90 Å². The summed E-state index contributed by atoms with van der Waals surface area (Å²) in [4.78, 5) is 15.2. The SMILES string of the molecule is CCO[C@@](C)(CC(C)C)C(=O)Nc1ccc(OCCN2CCC[C@H](C)C2)cc1. The summed E-state index contributed by atoms with van der Waals surface area (Å²) in [5.41, 5.74) is -0.0548. The maximum absolute atomic E-state index is 12.7. The highest BCUT2D eigenvalue weighted by atomic mass is 16.5. The second kappa shape index (κ2) is 10.8. The molecule has 1 amide bonds. The van der Waals surface area contributed by atoms with E-state index in [9.17, 15) is 4.79 Å². The molecule has 1 aliphatic heterocycles. The van der Waals surface area contributed by atoms with Crippen LogP contribution < -0.4 is 10.1 Å². The first kappa shape index (κ1) is 22.7. The Bertz CT molecular complexity index is 602. The molecule has 1 aliphatic rings. The predicted molar refractivity (Wildman–Crippen MR) is 115 cm³/mol.